The van der Waals surface area contributed by atoms with Gasteiger partial charge >= 0.3 is 0 Å². The van der Waals surface area contributed by atoms with Crippen LogP contribution in [0.4, 0.5) is 14.5 Å². The number of anilines is 1. The number of nitrogens with one attached hydrogen (secondary N) is 1. The SMILES string of the molecule is CN=C(NCC(Cc1ccc(F)cc1)C(N)=O)N1CCN(c2ccccc2F)CC1. The van der Waals surface area contributed by atoms with Crippen LogP contribution in [0, 0.1) is 17.6 Å². The van der Waals surface area contributed by atoms with E-state index < -0.39 is 11.8 Å². The second-order valence-electron chi connectivity index (χ2n) is 7.28. The van der Waals surface area contributed by atoms with Gasteiger partial charge in [-0.3, -0.25) is 9.79 Å². The Morgan fingerprint density at radius 3 is 2.37 bits per heavy atom. The van der Waals surface area contributed by atoms with Gasteiger partial charge in [-0.05, 0) is 36.2 Å². The van der Waals surface area contributed by atoms with Gasteiger partial charge in [0.15, 0.2) is 5.96 Å². The van der Waals surface area contributed by atoms with Gasteiger partial charge in [-0.2, -0.15) is 0 Å². The molecule has 2 aromatic rings. The molecule has 0 aromatic heterocycles. The third-order valence-corrected chi connectivity index (χ3v) is 5.29. The van der Waals surface area contributed by atoms with Crippen LogP contribution in [0.15, 0.2) is 53.5 Å². The molecular weight excluding hydrogens is 388 g/mol. The molecule has 3 rings (SSSR count). The summed E-state index contributed by atoms with van der Waals surface area (Å²) in [6.07, 6.45) is 0.417. The molecule has 1 amide bonds. The number of benzene rings is 2. The second kappa shape index (κ2) is 10.0. The Morgan fingerprint density at radius 2 is 1.77 bits per heavy atom. The molecule has 1 aliphatic rings. The molecule has 0 saturated carbocycles. The number of primary amides is 1. The Kier molecular flexibility index (Phi) is 7.21. The molecule has 30 heavy (non-hydrogen) atoms. The molecule has 1 fully saturated rings. The summed E-state index contributed by atoms with van der Waals surface area (Å²) < 4.78 is 27.1. The van der Waals surface area contributed by atoms with Crippen molar-refractivity contribution in [1.29, 1.82) is 0 Å². The third-order valence-electron chi connectivity index (χ3n) is 5.29. The summed E-state index contributed by atoms with van der Waals surface area (Å²) in [5.74, 6) is -0.743. The van der Waals surface area contributed by atoms with E-state index in [-0.39, 0.29) is 11.6 Å². The number of para-hydroxylation sites is 1. The van der Waals surface area contributed by atoms with Crippen molar-refractivity contribution in [3.63, 3.8) is 0 Å². The van der Waals surface area contributed by atoms with Crippen LogP contribution in [0.5, 0.6) is 0 Å². The van der Waals surface area contributed by atoms with Crippen molar-refractivity contribution >= 4 is 17.6 Å². The summed E-state index contributed by atoms with van der Waals surface area (Å²) in [5.41, 5.74) is 7.02. The largest absolute Gasteiger partial charge is 0.369 e. The lowest BCUT2D eigenvalue weighted by molar-refractivity contribution is -0.121. The third kappa shape index (κ3) is 5.46. The van der Waals surface area contributed by atoms with Crippen molar-refractivity contribution in [1.82, 2.24) is 10.2 Å². The zero-order chi connectivity index (χ0) is 21.5. The fourth-order valence-electron chi connectivity index (χ4n) is 3.59. The van der Waals surface area contributed by atoms with Crippen LogP contribution in [0.2, 0.25) is 0 Å². The predicted molar refractivity (Wildman–Crippen MR) is 114 cm³/mol. The number of aliphatic imine (C=N–C) groups is 1. The van der Waals surface area contributed by atoms with E-state index in [9.17, 15) is 13.6 Å². The number of halogens is 2. The van der Waals surface area contributed by atoms with Crippen molar-refractivity contribution in [3.8, 4) is 0 Å². The number of hydrogen-bond donors (Lipinski definition) is 2. The number of guanidine groups is 1. The van der Waals surface area contributed by atoms with Crippen molar-refractivity contribution < 1.29 is 13.6 Å². The highest BCUT2D eigenvalue weighted by molar-refractivity contribution is 5.82. The van der Waals surface area contributed by atoms with Crippen LogP contribution in [0.3, 0.4) is 0 Å². The predicted octanol–water partition coefficient (Wildman–Crippen LogP) is 2.01. The lowest BCUT2D eigenvalue weighted by Gasteiger charge is -2.38. The summed E-state index contributed by atoms with van der Waals surface area (Å²) in [6, 6.07) is 12.8. The average molecular weight is 415 g/mol. The minimum atomic E-state index is -0.452. The van der Waals surface area contributed by atoms with Crippen molar-refractivity contribution in [3.05, 3.63) is 65.7 Å². The fourth-order valence-corrected chi connectivity index (χ4v) is 3.59. The zero-order valence-corrected chi connectivity index (χ0v) is 17.0. The topological polar surface area (TPSA) is 74.0 Å². The highest BCUT2D eigenvalue weighted by atomic mass is 19.1. The summed E-state index contributed by atoms with van der Waals surface area (Å²) in [6.45, 7) is 3.00. The molecule has 6 nitrogen and oxygen atoms in total. The first-order valence-corrected chi connectivity index (χ1v) is 9.96. The number of nitrogens with two attached hydrogens (primary N) is 1. The molecule has 1 saturated heterocycles. The van der Waals surface area contributed by atoms with Crippen molar-refractivity contribution in [2.75, 3.05) is 44.7 Å². The van der Waals surface area contributed by atoms with Gasteiger partial charge in [0.25, 0.3) is 0 Å². The van der Waals surface area contributed by atoms with E-state index in [0.29, 0.717) is 50.8 Å². The first-order valence-electron chi connectivity index (χ1n) is 9.96. The van der Waals surface area contributed by atoms with E-state index in [2.05, 4.69) is 15.2 Å². The van der Waals surface area contributed by atoms with E-state index in [4.69, 9.17) is 5.73 Å². The van der Waals surface area contributed by atoms with Crippen LogP contribution < -0.4 is 16.0 Å². The molecule has 3 N–H and O–H groups in total. The molecular formula is C22H27F2N5O. The Hall–Kier alpha value is -3.16. The summed E-state index contributed by atoms with van der Waals surface area (Å²) in [7, 11) is 1.69. The zero-order valence-electron chi connectivity index (χ0n) is 17.0. The van der Waals surface area contributed by atoms with Crippen LogP contribution in [0.1, 0.15) is 5.56 Å². The van der Waals surface area contributed by atoms with Gasteiger partial charge in [0.05, 0.1) is 11.6 Å². The Balaban J connectivity index is 1.55. The van der Waals surface area contributed by atoms with Crippen LogP contribution >= 0.6 is 0 Å². The molecule has 1 atom stereocenters. The molecule has 0 bridgehead atoms. The number of nitrogens with zero attached hydrogens (tertiary/aromatic N) is 3. The first-order chi connectivity index (χ1) is 14.5. The van der Waals surface area contributed by atoms with Gasteiger partial charge in [-0.1, -0.05) is 24.3 Å². The van der Waals surface area contributed by atoms with E-state index in [1.807, 2.05) is 11.0 Å². The van der Waals surface area contributed by atoms with Crippen molar-refractivity contribution in [2.24, 2.45) is 16.6 Å². The minimum Gasteiger partial charge on any atom is -0.369 e. The minimum absolute atomic E-state index is 0.224. The number of carbonyl (C=O) groups excluding carboxylic acids is 1. The van der Waals surface area contributed by atoms with Crippen LogP contribution in [-0.2, 0) is 11.2 Å². The van der Waals surface area contributed by atoms with Gasteiger partial charge in [-0.25, -0.2) is 8.78 Å². The molecule has 0 aliphatic carbocycles. The highest BCUT2D eigenvalue weighted by Crippen LogP contribution is 2.20. The molecule has 1 aliphatic heterocycles. The van der Waals surface area contributed by atoms with Gasteiger partial charge in [0, 0.05) is 39.8 Å². The van der Waals surface area contributed by atoms with E-state index >= 15 is 0 Å². The molecule has 160 valence electrons. The van der Waals surface area contributed by atoms with Crippen LogP contribution in [-0.4, -0.2) is 56.5 Å². The maximum atomic E-state index is 14.0. The van der Waals surface area contributed by atoms with E-state index in [0.717, 1.165) is 5.56 Å². The van der Waals surface area contributed by atoms with Crippen molar-refractivity contribution in [2.45, 2.75) is 6.42 Å². The molecule has 1 unspecified atom stereocenters. The normalized spacial score (nSPS) is 15.8. The van der Waals surface area contributed by atoms with Gasteiger partial charge in [-0.15, -0.1) is 0 Å². The smallest absolute Gasteiger partial charge is 0.222 e. The maximum Gasteiger partial charge on any atom is 0.222 e. The summed E-state index contributed by atoms with van der Waals surface area (Å²) in [4.78, 5) is 20.3. The molecule has 0 spiro atoms. The quantitative estimate of drug-likeness (QED) is 0.559. The summed E-state index contributed by atoms with van der Waals surface area (Å²) in [5, 5.41) is 3.23. The van der Waals surface area contributed by atoms with Crippen LogP contribution in [0.25, 0.3) is 0 Å². The average Bonchev–Trinajstić information content (AvgIpc) is 2.75. The number of piperazine rings is 1. The maximum absolute atomic E-state index is 14.0. The fraction of sp³-hybridized carbons (Fsp3) is 0.364. The lowest BCUT2D eigenvalue weighted by atomic mass is 9.98. The van der Waals surface area contributed by atoms with Gasteiger partial charge < -0.3 is 20.9 Å². The number of rotatable bonds is 6. The second-order valence-corrected chi connectivity index (χ2v) is 7.28. The Labute approximate surface area is 175 Å². The number of hydrogen-bond acceptors (Lipinski definition) is 3. The Bertz CT molecular complexity index is 879. The molecule has 2 aromatic carbocycles. The van der Waals surface area contributed by atoms with Gasteiger partial charge in [0.2, 0.25) is 5.91 Å². The summed E-state index contributed by atoms with van der Waals surface area (Å²) >= 11 is 0. The molecule has 0 radical (unpaired) electrons. The van der Waals surface area contributed by atoms with E-state index in [1.165, 1.54) is 18.2 Å². The standard InChI is InChI=1S/C22H27F2N5O/c1-26-22(27-15-17(21(25)30)14-16-6-8-18(23)9-7-16)29-12-10-28(11-13-29)20-5-3-2-4-19(20)24/h2-9,17H,10-15H2,1H3,(H2,25,30)(H,26,27). The highest BCUT2D eigenvalue weighted by Gasteiger charge is 2.23. The monoisotopic (exact) mass is 415 g/mol. The molecule has 1 heterocycles. The van der Waals surface area contributed by atoms with E-state index in [1.54, 1.807) is 31.3 Å². The first kappa shape index (κ1) is 21.5. The Morgan fingerprint density at radius 1 is 1.10 bits per heavy atom. The lowest BCUT2D eigenvalue weighted by Crippen LogP contribution is -2.53. The number of carbonyl (C=O) groups is 1. The van der Waals surface area contributed by atoms with Gasteiger partial charge in [0.1, 0.15) is 11.6 Å². The molecule has 8 heteroatoms. The number of amides is 1.